The summed E-state index contributed by atoms with van der Waals surface area (Å²) < 4.78 is 5.58. The van der Waals surface area contributed by atoms with Crippen molar-refractivity contribution in [1.82, 2.24) is 0 Å². The molecule has 0 aliphatic heterocycles. The minimum Gasteiger partial charge on any atom is -0.462 e. The minimum absolute atomic E-state index is 0.00591. The van der Waals surface area contributed by atoms with Crippen molar-refractivity contribution < 1.29 is 14.6 Å². The minimum atomic E-state index is -0.172. The highest BCUT2D eigenvalue weighted by Crippen LogP contribution is 2.67. The average Bonchev–Trinajstić information content (AvgIpc) is 3.10. The molecule has 0 bridgehead atoms. The van der Waals surface area contributed by atoms with Crippen molar-refractivity contribution in [2.75, 3.05) is 6.61 Å². The molecule has 3 nitrogen and oxygen atoms in total. The highest BCUT2D eigenvalue weighted by atomic mass is 16.5. The van der Waals surface area contributed by atoms with E-state index in [1.807, 2.05) is 0 Å². The van der Waals surface area contributed by atoms with Crippen LogP contribution in [0, 0.1) is 46.3 Å². The Morgan fingerprint density at radius 2 is 1.91 bits per heavy atom. The number of fused-ring (bicyclic) bond motifs is 5. The number of ether oxygens (including phenoxy) is 1. The van der Waals surface area contributed by atoms with E-state index in [-0.39, 0.29) is 24.1 Å². The van der Waals surface area contributed by atoms with Gasteiger partial charge in [-0.3, -0.25) is 4.79 Å². The van der Waals surface area contributed by atoms with Crippen LogP contribution in [0.1, 0.15) is 105 Å². The third-order valence-corrected chi connectivity index (χ3v) is 10.6. The molecule has 4 rings (SSSR count). The fourth-order valence-corrected chi connectivity index (χ4v) is 9.08. The third kappa shape index (κ3) is 4.21. The summed E-state index contributed by atoms with van der Waals surface area (Å²) in [5.74, 6) is 4.50. The topological polar surface area (TPSA) is 46.5 Å². The van der Waals surface area contributed by atoms with Gasteiger partial charge in [0.25, 0.3) is 0 Å². The summed E-state index contributed by atoms with van der Waals surface area (Å²) in [4.78, 5) is 11.5. The molecule has 3 fully saturated rings. The molecule has 0 amide bonds. The van der Waals surface area contributed by atoms with Crippen LogP contribution < -0.4 is 0 Å². The maximum atomic E-state index is 11.5. The van der Waals surface area contributed by atoms with Crippen molar-refractivity contribution in [3.8, 4) is 0 Å². The van der Waals surface area contributed by atoms with Crippen LogP contribution >= 0.6 is 0 Å². The van der Waals surface area contributed by atoms with Crippen LogP contribution in [-0.4, -0.2) is 23.8 Å². The molecule has 182 valence electrons. The number of hydrogen-bond acceptors (Lipinski definition) is 3. The van der Waals surface area contributed by atoms with E-state index in [4.69, 9.17) is 4.74 Å². The molecule has 8 atom stereocenters. The fraction of sp³-hybridized carbons (Fsp3) is 0.897. The Bertz CT molecular complexity index is 711. The first-order valence-corrected chi connectivity index (χ1v) is 13.7. The second-order valence-corrected chi connectivity index (χ2v) is 12.7. The summed E-state index contributed by atoms with van der Waals surface area (Å²) in [6.45, 7) is 11.6. The first kappa shape index (κ1) is 24.3. The number of carbonyl (C=O) groups excluding carboxylic acids is 1. The summed E-state index contributed by atoms with van der Waals surface area (Å²) in [5, 5.41) is 10.7. The van der Waals surface area contributed by atoms with Crippen LogP contribution in [0.2, 0.25) is 0 Å². The van der Waals surface area contributed by atoms with Gasteiger partial charge in [-0.15, -0.1) is 0 Å². The average molecular weight is 445 g/mol. The lowest BCUT2D eigenvalue weighted by atomic mass is 9.46. The summed E-state index contributed by atoms with van der Waals surface area (Å²) in [5.41, 5.74) is 1.83. The monoisotopic (exact) mass is 444 g/mol. The zero-order valence-corrected chi connectivity index (χ0v) is 21.4. The molecule has 32 heavy (non-hydrogen) atoms. The van der Waals surface area contributed by atoms with Crippen molar-refractivity contribution in [2.24, 2.45) is 46.3 Å². The van der Waals surface area contributed by atoms with E-state index < -0.39 is 0 Å². The van der Waals surface area contributed by atoms with E-state index in [2.05, 4.69) is 33.8 Å². The molecule has 0 saturated heterocycles. The Kier molecular flexibility index (Phi) is 7.16. The number of carbonyl (C=O) groups is 1. The first-order valence-electron chi connectivity index (χ1n) is 13.7. The summed E-state index contributed by atoms with van der Waals surface area (Å²) in [7, 11) is 0. The van der Waals surface area contributed by atoms with Crippen molar-refractivity contribution in [2.45, 2.75) is 111 Å². The molecule has 0 radical (unpaired) electrons. The van der Waals surface area contributed by atoms with Crippen LogP contribution in [-0.2, 0) is 9.53 Å². The molecule has 0 aromatic carbocycles. The van der Waals surface area contributed by atoms with E-state index in [0.717, 1.165) is 48.9 Å². The maximum Gasteiger partial charge on any atom is 0.302 e. The van der Waals surface area contributed by atoms with Gasteiger partial charge in [-0.1, -0.05) is 58.6 Å². The predicted octanol–water partition coefficient (Wildman–Crippen LogP) is 6.93. The Morgan fingerprint density at radius 1 is 1.12 bits per heavy atom. The van der Waals surface area contributed by atoms with Gasteiger partial charge in [0.1, 0.15) is 6.10 Å². The van der Waals surface area contributed by atoms with Gasteiger partial charge in [-0.25, -0.2) is 0 Å². The second-order valence-electron chi connectivity index (χ2n) is 12.7. The number of rotatable bonds is 7. The molecule has 0 unspecified atom stereocenters. The zero-order chi connectivity index (χ0) is 23.1. The number of allylic oxidation sites excluding steroid dienone is 1. The molecule has 0 heterocycles. The number of hydrogen-bond donors (Lipinski definition) is 1. The van der Waals surface area contributed by atoms with Crippen LogP contribution in [0.4, 0.5) is 0 Å². The maximum absolute atomic E-state index is 11.5. The van der Waals surface area contributed by atoms with Crippen LogP contribution in [0.3, 0.4) is 0 Å². The Morgan fingerprint density at radius 3 is 2.59 bits per heavy atom. The Balaban J connectivity index is 1.50. The van der Waals surface area contributed by atoms with E-state index >= 15 is 0 Å². The predicted molar refractivity (Wildman–Crippen MR) is 130 cm³/mol. The zero-order valence-electron chi connectivity index (χ0n) is 21.4. The van der Waals surface area contributed by atoms with Gasteiger partial charge in [-0.2, -0.15) is 0 Å². The van der Waals surface area contributed by atoms with Gasteiger partial charge in [0.05, 0.1) is 6.61 Å². The van der Waals surface area contributed by atoms with Gasteiger partial charge >= 0.3 is 5.97 Å². The third-order valence-electron chi connectivity index (χ3n) is 10.6. The molecular formula is C29H48O3. The molecule has 3 saturated carbocycles. The number of aliphatic hydroxyl groups is 1. The van der Waals surface area contributed by atoms with Crippen molar-refractivity contribution in [3.05, 3.63) is 11.6 Å². The SMILES string of the molecule is CC(=O)O[C@@H]1CC[C@]2(CO)C(=CC[C@H]3[C@H]2CC[C@]2(C)[C@@H]3CC[C@H]2[C@@H](C)CCCC(C)C)C1. The lowest BCUT2D eigenvalue weighted by molar-refractivity contribution is -0.149. The summed E-state index contributed by atoms with van der Waals surface area (Å²) in [6, 6.07) is 0. The van der Waals surface area contributed by atoms with Crippen LogP contribution in [0.5, 0.6) is 0 Å². The normalized spacial score (nSPS) is 42.0. The van der Waals surface area contributed by atoms with E-state index in [0.29, 0.717) is 11.3 Å². The van der Waals surface area contributed by atoms with Crippen LogP contribution in [0.25, 0.3) is 0 Å². The largest absolute Gasteiger partial charge is 0.462 e. The smallest absolute Gasteiger partial charge is 0.302 e. The molecule has 4 aliphatic carbocycles. The fourth-order valence-electron chi connectivity index (χ4n) is 9.08. The van der Waals surface area contributed by atoms with E-state index in [9.17, 15) is 9.90 Å². The summed E-state index contributed by atoms with van der Waals surface area (Å²) in [6.07, 6.45) is 15.9. The molecule has 1 N–H and O–H groups in total. The Hall–Kier alpha value is -0.830. The van der Waals surface area contributed by atoms with Crippen molar-refractivity contribution >= 4 is 5.97 Å². The standard InChI is InChI=1S/C29H48O3/c1-19(2)7-6-8-20(3)25-11-12-26-24-10-9-22-17-23(32-21(4)31)13-16-29(22,18-30)27(24)14-15-28(25,26)5/h9,19-20,23-27,30H,6-8,10-18H2,1-5H3/t20-,23+,24+,25-,26+,27+,28-,29-/m0/s1. The molecule has 0 spiro atoms. The van der Waals surface area contributed by atoms with Crippen molar-refractivity contribution in [3.63, 3.8) is 0 Å². The second kappa shape index (κ2) is 9.43. The van der Waals surface area contributed by atoms with Gasteiger partial charge in [0, 0.05) is 18.8 Å². The van der Waals surface area contributed by atoms with E-state index in [1.165, 1.54) is 63.9 Å². The van der Waals surface area contributed by atoms with Gasteiger partial charge in [0.2, 0.25) is 0 Å². The molecule has 3 heteroatoms. The quantitative estimate of drug-likeness (QED) is 0.342. The number of aliphatic hydroxyl groups excluding tert-OH is 1. The molecule has 4 aliphatic rings. The lowest BCUT2D eigenvalue weighted by Gasteiger charge is -2.59. The van der Waals surface area contributed by atoms with Gasteiger partial charge in [0.15, 0.2) is 0 Å². The molecule has 0 aromatic heterocycles. The first-order chi connectivity index (χ1) is 15.2. The van der Waals surface area contributed by atoms with Gasteiger partial charge < -0.3 is 9.84 Å². The number of esters is 1. The molecule has 0 aromatic rings. The van der Waals surface area contributed by atoms with Crippen LogP contribution in [0.15, 0.2) is 11.6 Å². The highest BCUT2D eigenvalue weighted by molar-refractivity contribution is 5.66. The van der Waals surface area contributed by atoms with Crippen molar-refractivity contribution in [1.29, 1.82) is 0 Å². The summed E-state index contributed by atoms with van der Waals surface area (Å²) >= 11 is 0. The van der Waals surface area contributed by atoms with E-state index in [1.54, 1.807) is 0 Å². The van der Waals surface area contributed by atoms with Gasteiger partial charge in [-0.05, 0) is 85.9 Å². The lowest BCUT2D eigenvalue weighted by Crippen LogP contribution is -2.53. The highest BCUT2D eigenvalue weighted by Gasteiger charge is 2.60. The Labute approximate surface area is 196 Å². The molecular weight excluding hydrogens is 396 g/mol.